The summed E-state index contributed by atoms with van der Waals surface area (Å²) in [6.07, 6.45) is 4.36. The Bertz CT molecular complexity index is 1230. The summed E-state index contributed by atoms with van der Waals surface area (Å²) in [5, 5.41) is 15.1. The van der Waals surface area contributed by atoms with Gasteiger partial charge in [0.15, 0.2) is 0 Å². The van der Waals surface area contributed by atoms with Gasteiger partial charge in [-0.3, -0.25) is 14.9 Å². The average molecular weight is 452 g/mol. The molecule has 0 aliphatic rings. The number of esters is 1. The second-order valence-corrected chi connectivity index (χ2v) is 7.06. The number of carbonyl (C=O) groups is 2. The Morgan fingerprint density at radius 2 is 1.97 bits per heavy atom. The molecular weight excluding hydrogens is 434 g/mol. The van der Waals surface area contributed by atoms with Crippen molar-refractivity contribution < 1.29 is 19.2 Å². The van der Waals surface area contributed by atoms with E-state index in [-0.39, 0.29) is 34.3 Å². The number of ketones is 1. The van der Waals surface area contributed by atoms with Crippen molar-refractivity contribution in [3.63, 3.8) is 0 Å². The van der Waals surface area contributed by atoms with Crippen molar-refractivity contribution in [3.8, 4) is 5.88 Å². The van der Waals surface area contributed by atoms with E-state index in [1.54, 1.807) is 13.0 Å². The van der Waals surface area contributed by atoms with Gasteiger partial charge in [-0.25, -0.2) is 9.48 Å². The Balaban J connectivity index is 1.97. The van der Waals surface area contributed by atoms with Gasteiger partial charge >= 0.3 is 5.97 Å². The van der Waals surface area contributed by atoms with E-state index in [1.807, 2.05) is 30.3 Å². The van der Waals surface area contributed by atoms with Crippen molar-refractivity contribution in [2.24, 2.45) is 0 Å². The molecule has 2 aromatic carbocycles. The highest BCUT2D eigenvalue weighted by Crippen LogP contribution is 2.30. The molecule has 0 aliphatic heterocycles. The molecule has 9 heteroatoms. The van der Waals surface area contributed by atoms with Gasteiger partial charge < -0.3 is 4.74 Å². The van der Waals surface area contributed by atoms with Crippen LogP contribution in [0.2, 0.25) is 5.02 Å². The van der Waals surface area contributed by atoms with Gasteiger partial charge in [0, 0.05) is 23.8 Å². The molecule has 0 radical (unpaired) electrons. The number of non-ortho nitro benzene ring substituents is 1. The first kappa shape index (κ1) is 22.6. The number of allylic oxidation sites excluding steroid dienone is 1. The molecule has 8 nitrogen and oxygen atoms in total. The normalized spacial score (nSPS) is 10.8. The summed E-state index contributed by atoms with van der Waals surface area (Å²) in [5.74, 6) is -1.35. The van der Waals surface area contributed by atoms with Crippen LogP contribution in [0.15, 0.2) is 67.3 Å². The number of aryl methyl sites for hydroxylation is 1. The maximum absolute atomic E-state index is 13.2. The zero-order chi connectivity index (χ0) is 23.3. The van der Waals surface area contributed by atoms with E-state index in [4.69, 9.17) is 16.3 Å². The molecule has 0 atom stereocenters. The fourth-order valence-corrected chi connectivity index (χ4v) is 3.23. The van der Waals surface area contributed by atoms with Crippen molar-refractivity contribution in [3.05, 3.63) is 105 Å². The lowest BCUT2D eigenvalue weighted by Gasteiger charge is -2.08. The van der Waals surface area contributed by atoms with Gasteiger partial charge in [-0.05, 0) is 24.6 Å². The number of hydrogen-bond donors (Lipinski definition) is 0. The summed E-state index contributed by atoms with van der Waals surface area (Å²) in [6, 6.07) is 12.7. The lowest BCUT2D eigenvalue weighted by molar-refractivity contribution is -0.384. The minimum atomic E-state index is -0.706. The molecule has 0 saturated heterocycles. The van der Waals surface area contributed by atoms with E-state index < -0.39 is 16.7 Å². The Hall–Kier alpha value is -4.04. The molecule has 0 aliphatic carbocycles. The number of aromatic nitrogens is 2. The third kappa shape index (κ3) is 4.98. The SMILES string of the molecule is C=CCn1nc(C)c(C(=O)c2ccc([N+](=O)[O-])cc2Cl)c1OC(=O)C=Cc1ccccc1. The zero-order valence-corrected chi connectivity index (χ0v) is 17.8. The molecule has 3 aromatic rings. The van der Waals surface area contributed by atoms with E-state index in [0.717, 1.165) is 11.6 Å². The van der Waals surface area contributed by atoms with Crippen LogP contribution in [0.4, 0.5) is 5.69 Å². The molecule has 1 heterocycles. The maximum atomic E-state index is 13.2. The topological polar surface area (TPSA) is 104 Å². The van der Waals surface area contributed by atoms with Gasteiger partial charge in [0.2, 0.25) is 11.7 Å². The molecule has 0 unspecified atom stereocenters. The summed E-state index contributed by atoms with van der Waals surface area (Å²) in [7, 11) is 0. The maximum Gasteiger partial charge on any atom is 0.337 e. The van der Waals surface area contributed by atoms with Crippen LogP contribution in [0.5, 0.6) is 5.88 Å². The minimum Gasteiger partial charge on any atom is -0.404 e. The third-order valence-electron chi connectivity index (χ3n) is 4.43. The number of benzene rings is 2. The van der Waals surface area contributed by atoms with Gasteiger partial charge in [0.25, 0.3) is 5.69 Å². The van der Waals surface area contributed by atoms with E-state index in [1.165, 1.54) is 29.0 Å². The smallest absolute Gasteiger partial charge is 0.337 e. The monoisotopic (exact) mass is 451 g/mol. The van der Waals surface area contributed by atoms with Gasteiger partial charge in [-0.1, -0.05) is 48.0 Å². The number of carbonyl (C=O) groups excluding carboxylic acids is 2. The fraction of sp³-hybridized carbons (Fsp3) is 0.0870. The Labute approximate surface area is 188 Å². The highest BCUT2D eigenvalue weighted by molar-refractivity contribution is 6.35. The predicted molar refractivity (Wildman–Crippen MR) is 120 cm³/mol. The summed E-state index contributed by atoms with van der Waals surface area (Å²) in [5.41, 5.74) is 0.915. The van der Waals surface area contributed by atoms with Crippen molar-refractivity contribution in [2.45, 2.75) is 13.5 Å². The first-order valence-corrected chi connectivity index (χ1v) is 9.81. The highest BCUT2D eigenvalue weighted by atomic mass is 35.5. The summed E-state index contributed by atoms with van der Waals surface area (Å²) < 4.78 is 6.81. The fourth-order valence-electron chi connectivity index (χ4n) is 2.97. The van der Waals surface area contributed by atoms with Crippen molar-refractivity contribution in [2.75, 3.05) is 0 Å². The van der Waals surface area contributed by atoms with E-state index in [9.17, 15) is 19.7 Å². The summed E-state index contributed by atoms with van der Waals surface area (Å²) in [6.45, 7) is 5.42. The number of nitrogens with zero attached hydrogens (tertiary/aromatic N) is 3. The molecule has 162 valence electrons. The summed E-state index contributed by atoms with van der Waals surface area (Å²) >= 11 is 6.13. The highest BCUT2D eigenvalue weighted by Gasteiger charge is 2.27. The number of hydrogen-bond acceptors (Lipinski definition) is 6. The first-order chi connectivity index (χ1) is 15.3. The molecule has 0 fully saturated rings. The zero-order valence-electron chi connectivity index (χ0n) is 17.0. The number of rotatable bonds is 8. The molecule has 32 heavy (non-hydrogen) atoms. The van der Waals surface area contributed by atoms with E-state index in [2.05, 4.69) is 11.7 Å². The van der Waals surface area contributed by atoms with Crippen LogP contribution in [0.3, 0.4) is 0 Å². The number of ether oxygens (including phenoxy) is 1. The standard InChI is InChI=1S/C23H18ClN3O5/c1-3-13-26-23(32-20(28)12-9-16-7-5-4-6-8-16)21(15(2)25-26)22(29)18-11-10-17(27(30)31)14-19(18)24/h3-12,14H,1,13H2,2H3. The average Bonchev–Trinajstić information content (AvgIpc) is 3.07. The van der Waals surface area contributed by atoms with Crippen LogP contribution in [-0.4, -0.2) is 26.5 Å². The molecule has 0 bridgehead atoms. The largest absolute Gasteiger partial charge is 0.404 e. The van der Waals surface area contributed by atoms with Gasteiger partial charge in [-0.15, -0.1) is 6.58 Å². The van der Waals surface area contributed by atoms with Crippen LogP contribution in [0.1, 0.15) is 27.2 Å². The van der Waals surface area contributed by atoms with Crippen LogP contribution < -0.4 is 4.74 Å². The quantitative estimate of drug-likeness (QED) is 0.122. The number of nitro benzene ring substituents is 1. The molecule has 1 aromatic heterocycles. The molecule has 0 spiro atoms. The molecule has 0 N–H and O–H groups in total. The van der Waals surface area contributed by atoms with Gasteiger partial charge in [-0.2, -0.15) is 5.10 Å². The van der Waals surface area contributed by atoms with Crippen molar-refractivity contribution >= 4 is 35.1 Å². The molecular formula is C23H18ClN3O5. The third-order valence-corrected chi connectivity index (χ3v) is 4.74. The second-order valence-electron chi connectivity index (χ2n) is 6.65. The van der Waals surface area contributed by atoms with Crippen LogP contribution >= 0.6 is 11.6 Å². The molecule has 3 rings (SSSR count). The van der Waals surface area contributed by atoms with Crippen LogP contribution in [-0.2, 0) is 11.3 Å². The minimum absolute atomic E-state index is 0.0237. The van der Waals surface area contributed by atoms with Crippen LogP contribution in [0, 0.1) is 17.0 Å². The lowest BCUT2D eigenvalue weighted by atomic mass is 10.0. The Morgan fingerprint density at radius 3 is 2.59 bits per heavy atom. The van der Waals surface area contributed by atoms with Crippen molar-refractivity contribution in [1.29, 1.82) is 0 Å². The number of halogens is 1. The van der Waals surface area contributed by atoms with Gasteiger partial charge in [0.1, 0.15) is 5.56 Å². The van der Waals surface area contributed by atoms with E-state index in [0.29, 0.717) is 5.69 Å². The van der Waals surface area contributed by atoms with Crippen LogP contribution in [0.25, 0.3) is 6.08 Å². The molecule has 0 amide bonds. The second kappa shape index (κ2) is 9.84. The first-order valence-electron chi connectivity index (χ1n) is 9.43. The predicted octanol–water partition coefficient (Wildman–Crippen LogP) is 4.79. The Kier molecular flexibility index (Phi) is 6.97. The van der Waals surface area contributed by atoms with Crippen molar-refractivity contribution in [1.82, 2.24) is 9.78 Å². The van der Waals surface area contributed by atoms with Gasteiger partial charge in [0.05, 0.1) is 22.2 Å². The summed E-state index contributed by atoms with van der Waals surface area (Å²) in [4.78, 5) is 36.0. The van der Waals surface area contributed by atoms with E-state index >= 15 is 0 Å². The lowest BCUT2D eigenvalue weighted by Crippen LogP contribution is -2.13. The Morgan fingerprint density at radius 1 is 1.25 bits per heavy atom. The molecule has 0 saturated carbocycles. The number of nitro groups is 1.